The van der Waals surface area contributed by atoms with Crippen LogP contribution in [0.25, 0.3) is 0 Å². The molecule has 1 rings (SSSR count). The highest BCUT2D eigenvalue weighted by molar-refractivity contribution is 6.18. The first-order valence-corrected chi connectivity index (χ1v) is 5.70. The lowest BCUT2D eigenvalue weighted by Crippen LogP contribution is -2.42. The van der Waals surface area contributed by atoms with E-state index in [0.717, 1.165) is 19.4 Å². The Balaban J connectivity index is 2.43. The fourth-order valence-electron chi connectivity index (χ4n) is 1.87. The summed E-state index contributed by atoms with van der Waals surface area (Å²) < 4.78 is 0. The summed E-state index contributed by atoms with van der Waals surface area (Å²) in [4.78, 5) is 13.3. The van der Waals surface area contributed by atoms with Crippen LogP contribution in [0.2, 0.25) is 0 Å². The number of hydrogen-bond acceptors (Lipinski definition) is 2. The molecule has 82 valence electrons. The molecule has 0 spiro atoms. The highest BCUT2D eigenvalue weighted by atomic mass is 35.5. The smallest absolute Gasteiger partial charge is 0.223 e. The summed E-state index contributed by atoms with van der Waals surface area (Å²) >= 11 is 5.52. The largest absolute Gasteiger partial charge is 0.393 e. The van der Waals surface area contributed by atoms with Gasteiger partial charge in [0.15, 0.2) is 0 Å². The third-order valence-electron chi connectivity index (χ3n) is 2.80. The molecule has 1 saturated heterocycles. The average Bonchev–Trinajstić information content (AvgIpc) is 2.18. The Bertz CT molecular complexity index is 197. The summed E-state index contributed by atoms with van der Waals surface area (Å²) in [7, 11) is 0. The van der Waals surface area contributed by atoms with E-state index in [9.17, 15) is 9.90 Å². The van der Waals surface area contributed by atoms with Crippen LogP contribution in [-0.2, 0) is 4.79 Å². The molecule has 0 aromatic heterocycles. The summed E-state index contributed by atoms with van der Waals surface area (Å²) in [5.74, 6) is 0.739. The van der Waals surface area contributed by atoms with Crippen molar-refractivity contribution in [2.45, 2.75) is 32.3 Å². The quantitative estimate of drug-likeness (QED) is 0.726. The molecule has 0 radical (unpaired) electrons. The second-order valence-electron chi connectivity index (χ2n) is 3.92. The molecular weight excluding hydrogens is 202 g/mol. The number of likely N-dealkylation sites (tertiary alicyclic amines) is 1. The van der Waals surface area contributed by atoms with Gasteiger partial charge in [-0.05, 0) is 19.8 Å². The lowest BCUT2D eigenvalue weighted by atomic mass is 9.93. The zero-order valence-corrected chi connectivity index (χ0v) is 9.33. The normalized spacial score (nSPS) is 24.8. The predicted octanol–water partition coefficient (Wildman–Crippen LogP) is 1.23. The maximum absolute atomic E-state index is 11.5. The molecule has 1 fully saturated rings. The minimum Gasteiger partial charge on any atom is -0.393 e. The van der Waals surface area contributed by atoms with Crippen LogP contribution in [0, 0.1) is 5.92 Å². The number of alkyl halides is 1. The van der Waals surface area contributed by atoms with Crippen molar-refractivity contribution in [1.29, 1.82) is 0 Å². The van der Waals surface area contributed by atoms with Gasteiger partial charge in [-0.3, -0.25) is 4.79 Å². The van der Waals surface area contributed by atoms with Gasteiger partial charge in [0, 0.05) is 31.3 Å². The van der Waals surface area contributed by atoms with Gasteiger partial charge in [0.25, 0.3) is 0 Å². The van der Waals surface area contributed by atoms with Crippen LogP contribution in [0.1, 0.15) is 26.2 Å². The maximum Gasteiger partial charge on any atom is 0.223 e. The molecule has 0 saturated carbocycles. The Kier molecular flexibility index (Phi) is 4.69. The number of aliphatic hydroxyl groups excluding tert-OH is 1. The van der Waals surface area contributed by atoms with Crippen molar-refractivity contribution in [1.82, 2.24) is 4.90 Å². The Labute approximate surface area is 90.0 Å². The third-order valence-corrected chi connectivity index (χ3v) is 2.99. The minimum atomic E-state index is -0.318. The van der Waals surface area contributed by atoms with Gasteiger partial charge in [0.05, 0.1) is 6.10 Å². The number of piperidine rings is 1. The van der Waals surface area contributed by atoms with E-state index in [4.69, 9.17) is 11.6 Å². The molecule has 3 nitrogen and oxygen atoms in total. The molecular formula is C10H18ClNO2. The molecule has 1 N–H and O–H groups in total. The molecule has 14 heavy (non-hydrogen) atoms. The van der Waals surface area contributed by atoms with Crippen molar-refractivity contribution in [3.63, 3.8) is 0 Å². The number of aliphatic hydroxyl groups is 1. The predicted molar refractivity (Wildman–Crippen MR) is 56.3 cm³/mol. The van der Waals surface area contributed by atoms with Crippen molar-refractivity contribution < 1.29 is 9.90 Å². The van der Waals surface area contributed by atoms with Crippen molar-refractivity contribution in [3.8, 4) is 0 Å². The minimum absolute atomic E-state index is 0.116. The van der Waals surface area contributed by atoms with E-state index in [1.54, 1.807) is 6.92 Å². The van der Waals surface area contributed by atoms with Crippen LogP contribution in [0.4, 0.5) is 0 Å². The van der Waals surface area contributed by atoms with E-state index in [0.29, 0.717) is 18.8 Å². The molecule has 0 aromatic rings. The highest BCUT2D eigenvalue weighted by Gasteiger charge is 2.25. The summed E-state index contributed by atoms with van der Waals surface area (Å²) in [6.07, 6.45) is 2.10. The highest BCUT2D eigenvalue weighted by Crippen LogP contribution is 2.20. The molecule has 1 aliphatic rings. The molecule has 1 aliphatic heterocycles. The number of nitrogens with zero attached hydrogens (tertiary/aromatic N) is 1. The van der Waals surface area contributed by atoms with Crippen LogP contribution in [0.5, 0.6) is 0 Å². The monoisotopic (exact) mass is 219 g/mol. The number of amides is 1. The maximum atomic E-state index is 11.5. The van der Waals surface area contributed by atoms with E-state index >= 15 is 0 Å². The van der Waals surface area contributed by atoms with E-state index in [-0.39, 0.29) is 17.9 Å². The number of carbonyl (C=O) groups excluding carboxylic acids is 1. The second-order valence-corrected chi connectivity index (χ2v) is 4.30. The summed E-state index contributed by atoms with van der Waals surface area (Å²) in [5.41, 5.74) is 0. The van der Waals surface area contributed by atoms with Crippen LogP contribution >= 0.6 is 11.6 Å². The molecule has 0 aliphatic carbocycles. The number of halogens is 1. The van der Waals surface area contributed by atoms with Crippen molar-refractivity contribution in [2.75, 3.05) is 19.0 Å². The Hall–Kier alpha value is -0.280. The van der Waals surface area contributed by atoms with E-state index < -0.39 is 0 Å². The summed E-state index contributed by atoms with van der Waals surface area (Å²) in [6.45, 7) is 3.30. The first-order chi connectivity index (χ1) is 6.65. The SMILES string of the molecule is C[C@@H](O)[C@H]1CCCN(C(=O)CCCl)C1. The first-order valence-electron chi connectivity index (χ1n) is 5.17. The van der Waals surface area contributed by atoms with Gasteiger partial charge in [-0.2, -0.15) is 0 Å². The molecule has 0 unspecified atom stereocenters. The van der Waals surface area contributed by atoms with Gasteiger partial charge < -0.3 is 10.0 Å². The van der Waals surface area contributed by atoms with E-state index in [1.165, 1.54) is 0 Å². The summed E-state index contributed by atoms with van der Waals surface area (Å²) in [6, 6.07) is 0. The van der Waals surface area contributed by atoms with Gasteiger partial charge >= 0.3 is 0 Å². The Morgan fingerprint density at radius 2 is 2.43 bits per heavy atom. The summed E-state index contributed by atoms with van der Waals surface area (Å²) in [5, 5.41) is 9.44. The first kappa shape index (κ1) is 11.8. The van der Waals surface area contributed by atoms with E-state index in [2.05, 4.69) is 0 Å². The average molecular weight is 220 g/mol. The van der Waals surface area contributed by atoms with E-state index in [1.807, 2.05) is 4.90 Å². The van der Waals surface area contributed by atoms with Crippen molar-refractivity contribution >= 4 is 17.5 Å². The molecule has 1 amide bonds. The molecule has 0 bridgehead atoms. The topological polar surface area (TPSA) is 40.5 Å². The van der Waals surface area contributed by atoms with Gasteiger partial charge in [-0.25, -0.2) is 0 Å². The zero-order valence-electron chi connectivity index (χ0n) is 8.58. The lowest BCUT2D eigenvalue weighted by molar-refractivity contribution is -0.133. The van der Waals surface area contributed by atoms with Gasteiger partial charge in [0.1, 0.15) is 0 Å². The second kappa shape index (κ2) is 5.56. The van der Waals surface area contributed by atoms with Gasteiger partial charge in [-0.1, -0.05) is 0 Å². The van der Waals surface area contributed by atoms with Crippen molar-refractivity contribution in [3.05, 3.63) is 0 Å². The molecule has 2 atom stereocenters. The van der Waals surface area contributed by atoms with Gasteiger partial charge in [0.2, 0.25) is 5.91 Å². The van der Waals surface area contributed by atoms with Crippen LogP contribution in [0.15, 0.2) is 0 Å². The third kappa shape index (κ3) is 3.14. The zero-order chi connectivity index (χ0) is 10.6. The number of carbonyl (C=O) groups is 1. The fourth-order valence-corrected chi connectivity index (χ4v) is 2.03. The fraction of sp³-hybridized carbons (Fsp3) is 0.900. The van der Waals surface area contributed by atoms with Crippen LogP contribution < -0.4 is 0 Å². The number of rotatable bonds is 3. The molecule has 4 heteroatoms. The van der Waals surface area contributed by atoms with Crippen molar-refractivity contribution in [2.24, 2.45) is 5.92 Å². The van der Waals surface area contributed by atoms with Crippen LogP contribution in [0.3, 0.4) is 0 Å². The Morgan fingerprint density at radius 3 is 3.00 bits per heavy atom. The number of hydrogen-bond donors (Lipinski definition) is 1. The Morgan fingerprint density at radius 1 is 1.71 bits per heavy atom. The standard InChI is InChI=1S/C10H18ClNO2/c1-8(13)9-3-2-6-12(7-9)10(14)4-5-11/h8-9,13H,2-7H2,1H3/t8-,9+/m1/s1. The molecule has 0 aromatic carbocycles. The molecule has 1 heterocycles. The lowest BCUT2D eigenvalue weighted by Gasteiger charge is -2.34. The van der Waals surface area contributed by atoms with Crippen LogP contribution in [-0.4, -0.2) is 41.0 Å². The van der Waals surface area contributed by atoms with Gasteiger partial charge in [-0.15, -0.1) is 11.6 Å².